The highest BCUT2D eigenvalue weighted by molar-refractivity contribution is 5.85. The van der Waals surface area contributed by atoms with Gasteiger partial charge in [-0.25, -0.2) is 9.59 Å². The Morgan fingerprint density at radius 2 is 1.92 bits per heavy atom. The Hall–Kier alpha value is -2.05. The molecule has 0 radical (unpaired) electrons. The van der Waals surface area contributed by atoms with Gasteiger partial charge in [0.25, 0.3) is 0 Å². The molecule has 3 fully saturated rings. The molecular formula is C18H25N3O4. The Morgan fingerprint density at radius 3 is 2.44 bits per heavy atom. The highest BCUT2D eigenvalue weighted by Crippen LogP contribution is 2.58. The molecule has 1 amide bonds. The Bertz CT molecular complexity index is 704. The van der Waals surface area contributed by atoms with Gasteiger partial charge in [0.15, 0.2) is 5.69 Å². The van der Waals surface area contributed by atoms with Gasteiger partial charge >= 0.3 is 12.1 Å². The van der Waals surface area contributed by atoms with Gasteiger partial charge in [0.05, 0.1) is 0 Å². The van der Waals surface area contributed by atoms with Crippen molar-refractivity contribution in [1.82, 2.24) is 14.7 Å². The van der Waals surface area contributed by atoms with Crippen molar-refractivity contribution in [2.75, 3.05) is 13.1 Å². The molecule has 1 N–H and O–H groups in total. The van der Waals surface area contributed by atoms with Gasteiger partial charge in [-0.3, -0.25) is 4.68 Å². The quantitative estimate of drug-likeness (QED) is 0.905. The molecule has 2 saturated carbocycles. The van der Waals surface area contributed by atoms with Crippen molar-refractivity contribution in [2.45, 2.75) is 51.7 Å². The molecule has 0 aromatic carbocycles. The summed E-state index contributed by atoms with van der Waals surface area (Å²) in [7, 11) is 0. The minimum absolute atomic E-state index is 0.129. The smallest absolute Gasteiger partial charge is 0.410 e. The van der Waals surface area contributed by atoms with E-state index in [-0.39, 0.29) is 11.8 Å². The van der Waals surface area contributed by atoms with Crippen LogP contribution in [0.25, 0.3) is 0 Å². The Labute approximate surface area is 146 Å². The lowest BCUT2D eigenvalue weighted by molar-refractivity contribution is 0.0270. The zero-order valence-corrected chi connectivity index (χ0v) is 14.9. The highest BCUT2D eigenvalue weighted by Gasteiger charge is 2.59. The van der Waals surface area contributed by atoms with E-state index in [9.17, 15) is 14.7 Å². The van der Waals surface area contributed by atoms with Crippen molar-refractivity contribution >= 4 is 12.1 Å². The molecule has 136 valence electrons. The largest absolute Gasteiger partial charge is 0.476 e. The fourth-order valence-electron chi connectivity index (χ4n) is 3.94. The van der Waals surface area contributed by atoms with Crippen LogP contribution in [0.4, 0.5) is 4.79 Å². The van der Waals surface area contributed by atoms with Crippen LogP contribution in [0.5, 0.6) is 0 Å². The summed E-state index contributed by atoms with van der Waals surface area (Å²) in [5.41, 5.74) is 0.676. The summed E-state index contributed by atoms with van der Waals surface area (Å²) < 4.78 is 7.35. The van der Waals surface area contributed by atoms with E-state index in [1.807, 2.05) is 25.5 Å². The predicted octanol–water partition coefficient (Wildman–Crippen LogP) is 2.57. The van der Waals surface area contributed by atoms with Crippen molar-refractivity contribution in [3.8, 4) is 0 Å². The first-order valence-corrected chi connectivity index (χ1v) is 9.02. The average molecular weight is 347 g/mol. The molecular weight excluding hydrogens is 322 g/mol. The lowest BCUT2D eigenvalue weighted by atomic mass is 10.1. The number of rotatable bonds is 4. The number of carbonyl (C=O) groups excluding carboxylic acids is 1. The van der Waals surface area contributed by atoms with E-state index in [4.69, 9.17) is 4.74 Å². The third-order valence-corrected chi connectivity index (χ3v) is 5.35. The molecule has 1 saturated heterocycles. The number of hydrogen-bond donors (Lipinski definition) is 1. The SMILES string of the molecule is CC(C)(C)OC(=O)N1CC2C(C1)C2c1cc(C(=O)O)nn1CC1CC1. The van der Waals surface area contributed by atoms with Gasteiger partial charge in [0.2, 0.25) is 0 Å². The second-order valence-corrected chi connectivity index (χ2v) is 8.62. The molecule has 3 aliphatic rings. The van der Waals surface area contributed by atoms with Crippen LogP contribution >= 0.6 is 0 Å². The van der Waals surface area contributed by atoms with Crippen molar-refractivity contribution in [3.63, 3.8) is 0 Å². The number of hydrogen-bond acceptors (Lipinski definition) is 4. The Morgan fingerprint density at radius 1 is 1.28 bits per heavy atom. The maximum absolute atomic E-state index is 12.2. The monoisotopic (exact) mass is 347 g/mol. The summed E-state index contributed by atoms with van der Waals surface area (Å²) in [6, 6.07) is 1.73. The number of carbonyl (C=O) groups is 2. The first-order valence-electron chi connectivity index (χ1n) is 9.02. The van der Waals surface area contributed by atoms with E-state index in [0.717, 1.165) is 12.2 Å². The van der Waals surface area contributed by atoms with Crippen molar-refractivity contribution in [3.05, 3.63) is 17.5 Å². The van der Waals surface area contributed by atoms with Gasteiger partial charge in [-0.15, -0.1) is 0 Å². The Balaban J connectivity index is 1.44. The number of aromatic carboxylic acids is 1. The molecule has 2 atom stereocenters. The van der Waals surface area contributed by atoms with Crippen LogP contribution in [0.15, 0.2) is 6.07 Å². The number of amides is 1. The minimum atomic E-state index is -0.975. The lowest BCUT2D eigenvalue weighted by Gasteiger charge is -2.26. The molecule has 2 unspecified atom stereocenters. The molecule has 0 spiro atoms. The molecule has 0 bridgehead atoms. The molecule has 4 rings (SSSR count). The number of aromatic nitrogens is 2. The maximum atomic E-state index is 12.2. The van der Waals surface area contributed by atoms with Gasteiger partial charge in [-0.05, 0) is 57.4 Å². The summed E-state index contributed by atoms with van der Waals surface area (Å²) in [5.74, 6) is 0.764. The average Bonchev–Trinajstić information content (AvgIpc) is 3.33. The van der Waals surface area contributed by atoms with E-state index in [0.29, 0.717) is 36.8 Å². The number of nitrogens with zero attached hydrogens (tertiary/aromatic N) is 3. The van der Waals surface area contributed by atoms with Gasteiger partial charge in [-0.1, -0.05) is 0 Å². The topological polar surface area (TPSA) is 84.7 Å². The standard InChI is InChI=1S/C18H25N3O4/c1-18(2,3)25-17(24)20-8-11-12(9-20)15(11)14-6-13(16(22)23)19-21(14)7-10-4-5-10/h6,10-12,15H,4-5,7-9H2,1-3H3,(H,22,23). The van der Waals surface area contributed by atoms with Crippen molar-refractivity contribution in [1.29, 1.82) is 0 Å². The first kappa shape index (κ1) is 16.4. The third-order valence-electron chi connectivity index (χ3n) is 5.35. The predicted molar refractivity (Wildman–Crippen MR) is 89.4 cm³/mol. The van der Waals surface area contributed by atoms with E-state index in [1.165, 1.54) is 12.8 Å². The number of likely N-dealkylation sites (tertiary alicyclic amines) is 1. The van der Waals surface area contributed by atoms with E-state index >= 15 is 0 Å². The van der Waals surface area contributed by atoms with Crippen molar-refractivity contribution in [2.24, 2.45) is 17.8 Å². The lowest BCUT2D eigenvalue weighted by Crippen LogP contribution is -2.37. The summed E-state index contributed by atoms with van der Waals surface area (Å²) in [4.78, 5) is 25.3. The van der Waals surface area contributed by atoms with Gasteiger partial charge in [0.1, 0.15) is 5.60 Å². The number of fused-ring (bicyclic) bond motifs is 1. The minimum Gasteiger partial charge on any atom is -0.476 e. The Kier molecular flexibility index (Phi) is 3.60. The number of piperidine rings is 1. The summed E-state index contributed by atoms with van der Waals surface area (Å²) in [6.45, 7) is 7.79. The normalized spacial score (nSPS) is 28.0. The van der Waals surface area contributed by atoms with Crippen molar-refractivity contribution < 1.29 is 19.4 Å². The molecule has 7 heteroatoms. The number of carboxylic acids is 1. The van der Waals surface area contributed by atoms with Crippen LogP contribution in [0, 0.1) is 17.8 Å². The maximum Gasteiger partial charge on any atom is 0.410 e. The third kappa shape index (κ3) is 3.24. The number of carboxylic acid groups (broad SMARTS) is 1. The van der Waals surface area contributed by atoms with Gasteiger partial charge in [0, 0.05) is 31.2 Å². The van der Waals surface area contributed by atoms with Crippen LogP contribution in [0.2, 0.25) is 0 Å². The van der Waals surface area contributed by atoms with Gasteiger partial charge in [-0.2, -0.15) is 5.10 Å². The van der Waals surface area contributed by atoms with Crippen LogP contribution in [-0.4, -0.2) is 50.5 Å². The summed E-state index contributed by atoms with van der Waals surface area (Å²) >= 11 is 0. The molecule has 1 aromatic heterocycles. The van der Waals surface area contributed by atoms with Crippen LogP contribution in [0.3, 0.4) is 0 Å². The molecule has 25 heavy (non-hydrogen) atoms. The fraction of sp³-hybridized carbons (Fsp3) is 0.722. The zero-order valence-electron chi connectivity index (χ0n) is 14.9. The van der Waals surface area contributed by atoms with E-state index in [2.05, 4.69) is 5.10 Å². The van der Waals surface area contributed by atoms with Crippen LogP contribution in [-0.2, 0) is 11.3 Å². The summed E-state index contributed by atoms with van der Waals surface area (Å²) in [6.07, 6.45) is 2.15. The highest BCUT2D eigenvalue weighted by atomic mass is 16.6. The first-order chi connectivity index (χ1) is 11.7. The van der Waals surface area contributed by atoms with Gasteiger partial charge < -0.3 is 14.7 Å². The van der Waals surface area contributed by atoms with E-state index < -0.39 is 11.6 Å². The zero-order chi connectivity index (χ0) is 17.9. The molecule has 7 nitrogen and oxygen atoms in total. The second kappa shape index (κ2) is 5.47. The number of ether oxygens (including phenoxy) is 1. The fourth-order valence-corrected chi connectivity index (χ4v) is 3.94. The summed E-state index contributed by atoms with van der Waals surface area (Å²) in [5, 5.41) is 13.5. The van der Waals surface area contributed by atoms with Crippen LogP contribution in [0.1, 0.15) is 55.7 Å². The molecule has 1 aliphatic heterocycles. The molecule has 1 aromatic rings. The van der Waals surface area contributed by atoms with Crippen LogP contribution < -0.4 is 0 Å². The molecule has 2 aliphatic carbocycles. The van der Waals surface area contributed by atoms with E-state index in [1.54, 1.807) is 11.0 Å². The second-order valence-electron chi connectivity index (χ2n) is 8.62. The molecule has 2 heterocycles.